The molecule has 0 radical (unpaired) electrons. The van der Waals surface area contributed by atoms with Gasteiger partial charge in [0.15, 0.2) is 5.78 Å². The highest BCUT2D eigenvalue weighted by atomic mass is 16.3. The number of amides is 1. The van der Waals surface area contributed by atoms with Crippen molar-refractivity contribution in [3.8, 4) is 11.5 Å². The Bertz CT molecular complexity index is 1050. The van der Waals surface area contributed by atoms with Crippen LogP contribution in [0.1, 0.15) is 47.8 Å². The van der Waals surface area contributed by atoms with Crippen LogP contribution in [0.4, 0.5) is 0 Å². The Morgan fingerprint density at radius 3 is 2.31 bits per heavy atom. The number of aromatic hydroxyl groups is 2. The predicted molar refractivity (Wildman–Crippen MR) is 102 cm³/mol. The van der Waals surface area contributed by atoms with Gasteiger partial charge < -0.3 is 25.1 Å². The van der Waals surface area contributed by atoms with Crippen molar-refractivity contribution < 1.29 is 29.7 Å². The molecule has 0 aromatic heterocycles. The fourth-order valence-corrected chi connectivity index (χ4v) is 3.81. The number of aliphatic hydroxyl groups excluding tert-OH is 1. The fraction of sp³-hybridized carbons (Fsp3) is 0.286. The van der Waals surface area contributed by atoms with Gasteiger partial charge >= 0.3 is 0 Å². The van der Waals surface area contributed by atoms with Gasteiger partial charge in [-0.25, -0.2) is 0 Å². The number of benzene rings is 2. The zero-order valence-electron chi connectivity index (χ0n) is 15.8. The van der Waals surface area contributed by atoms with Crippen molar-refractivity contribution in [3.05, 3.63) is 57.6 Å². The van der Waals surface area contributed by atoms with Crippen LogP contribution in [0.5, 0.6) is 11.5 Å². The molecule has 29 heavy (non-hydrogen) atoms. The molecule has 4 rings (SSSR count). The lowest BCUT2D eigenvalue weighted by Crippen LogP contribution is -2.47. The summed E-state index contributed by atoms with van der Waals surface area (Å²) in [6.07, 6.45) is 0. The third-order valence-corrected chi connectivity index (χ3v) is 5.53. The third-order valence-electron chi connectivity index (χ3n) is 5.53. The number of fused-ring (bicyclic) bond motifs is 2. The van der Waals surface area contributed by atoms with Crippen LogP contribution in [0.25, 0.3) is 0 Å². The smallest absolute Gasteiger partial charge is 0.254 e. The molecule has 0 atom stereocenters. The summed E-state index contributed by atoms with van der Waals surface area (Å²) in [5.74, 6) is -2.58. The van der Waals surface area contributed by atoms with Gasteiger partial charge in [0.1, 0.15) is 11.5 Å². The number of hydrogen-bond acceptors (Lipinski definition) is 7. The molecule has 0 saturated carbocycles. The van der Waals surface area contributed by atoms with E-state index < -0.39 is 29.7 Å². The first-order valence-electron chi connectivity index (χ1n) is 9.23. The van der Waals surface area contributed by atoms with Crippen LogP contribution in [0, 0.1) is 0 Å². The molecule has 0 spiro atoms. The van der Waals surface area contributed by atoms with Crippen molar-refractivity contribution in [1.29, 1.82) is 0 Å². The minimum atomic E-state index is -0.724. The molecule has 8 nitrogen and oxygen atoms in total. The molecule has 1 fully saturated rings. The highest BCUT2D eigenvalue weighted by Crippen LogP contribution is 2.38. The van der Waals surface area contributed by atoms with E-state index in [1.807, 2.05) is 7.05 Å². The first-order chi connectivity index (χ1) is 13.8. The summed E-state index contributed by atoms with van der Waals surface area (Å²) in [4.78, 5) is 42.5. The first-order valence-corrected chi connectivity index (χ1v) is 9.23. The van der Waals surface area contributed by atoms with Crippen LogP contribution in [0.2, 0.25) is 0 Å². The van der Waals surface area contributed by atoms with Crippen molar-refractivity contribution in [2.75, 3.05) is 33.2 Å². The molecule has 1 saturated heterocycles. The number of carbonyl (C=O) groups excluding carboxylic acids is 3. The van der Waals surface area contributed by atoms with Gasteiger partial charge in [-0.3, -0.25) is 14.4 Å². The third kappa shape index (κ3) is 2.97. The number of ketones is 2. The van der Waals surface area contributed by atoms with E-state index in [1.165, 1.54) is 24.3 Å². The molecule has 2 aromatic carbocycles. The Hall–Kier alpha value is -3.23. The van der Waals surface area contributed by atoms with Gasteiger partial charge in [0.2, 0.25) is 5.78 Å². The fourth-order valence-electron chi connectivity index (χ4n) is 3.81. The maximum absolute atomic E-state index is 13.0. The molecule has 8 heteroatoms. The standard InChI is InChI=1S/C21H20N2O6/c1-22-4-6-23(7-5-22)21(29)12-8-14-16(15(25)9-12)20(28)17-13(19(14)27)3-2-11(10-24)18(17)26/h2-3,8-9,24-26H,4-7,10H2,1H3. The SMILES string of the molecule is CN1CCN(C(=O)c2cc(O)c3c(c2)C(=O)c2ccc(CO)c(O)c2C3=O)CC1. The van der Waals surface area contributed by atoms with Crippen molar-refractivity contribution in [1.82, 2.24) is 9.80 Å². The first kappa shape index (κ1) is 19.1. The number of aliphatic hydroxyl groups is 1. The number of rotatable bonds is 2. The Labute approximate surface area is 166 Å². The second-order valence-corrected chi connectivity index (χ2v) is 7.33. The van der Waals surface area contributed by atoms with Gasteiger partial charge in [-0.1, -0.05) is 6.07 Å². The lowest BCUT2D eigenvalue weighted by Gasteiger charge is -2.32. The molecule has 1 aliphatic carbocycles. The van der Waals surface area contributed by atoms with Crippen LogP contribution in [-0.4, -0.2) is 75.8 Å². The van der Waals surface area contributed by atoms with Crippen molar-refractivity contribution in [3.63, 3.8) is 0 Å². The van der Waals surface area contributed by atoms with E-state index in [0.717, 1.165) is 13.1 Å². The summed E-state index contributed by atoms with van der Waals surface area (Å²) in [7, 11) is 1.96. The highest BCUT2D eigenvalue weighted by molar-refractivity contribution is 6.30. The van der Waals surface area contributed by atoms with Crippen molar-refractivity contribution in [2.24, 2.45) is 0 Å². The zero-order chi connectivity index (χ0) is 20.9. The summed E-state index contributed by atoms with van der Waals surface area (Å²) in [5, 5.41) is 30.1. The van der Waals surface area contributed by atoms with Crippen LogP contribution >= 0.6 is 0 Å². The van der Waals surface area contributed by atoms with E-state index in [0.29, 0.717) is 13.1 Å². The summed E-state index contributed by atoms with van der Waals surface area (Å²) < 4.78 is 0. The maximum Gasteiger partial charge on any atom is 0.254 e. The number of hydrogen-bond donors (Lipinski definition) is 3. The van der Waals surface area contributed by atoms with Crippen molar-refractivity contribution >= 4 is 17.5 Å². The predicted octanol–water partition coefficient (Wildman–Crippen LogP) is 0.753. The Morgan fingerprint density at radius 2 is 1.66 bits per heavy atom. The average molecular weight is 396 g/mol. The second kappa shape index (κ2) is 6.98. The van der Waals surface area contributed by atoms with Crippen LogP contribution in [0.3, 0.4) is 0 Å². The molecule has 3 N–H and O–H groups in total. The zero-order valence-corrected chi connectivity index (χ0v) is 15.8. The lowest BCUT2D eigenvalue weighted by molar-refractivity contribution is 0.0663. The maximum atomic E-state index is 13.0. The summed E-state index contributed by atoms with van der Waals surface area (Å²) in [5.41, 5.74) is -0.358. The molecular formula is C21H20N2O6. The van der Waals surface area contributed by atoms with E-state index in [1.54, 1.807) is 4.90 Å². The molecule has 1 heterocycles. The Balaban J connectivity index is 1.78. The number of carbonyl (C=O) groups is 3. The summed E-state index contributed by atoms with van der Waals surface area (Å²) in [6, 6.07) is 5.23. The summed E-state index contributed by atoms with van der Waals surface area (Å²) in [6.45, 7) is 2.00. The number of nitrogens with zero attached hydrogens (tertiary/aromatic N) is 2. The highest BCUT2D eigenvalue weighted by Gasteiger charge is 2.36. The largest absolute Gasteiger partial charge is 0.507 e. The van der Waals surface area contributed by atoms with E-state index in [9.17, 15) is 29.7 Å². The summed E-state index contributed by atoms with van der Waals surface area (Å²) >= 11 is 0. The Kier molecular flexibility index (Phi) is 4.60. The molecule has 2 aromatic rings. The second-order valence-electron chi connectivity index (χ2n) is 7.33. The van der Waals surface area contributed by atoms with Gasteiger partial charge in [-0.05, 0) is 25.2 Å². The van der Waals surface area contributed by atoms with Crippen LogP contribution < -0.4 is 0 Å². The number of phenolic OH excluding ortho intramolecular Hbond substituents is 1. The van der Waals surface area contributed by atoms with E-state index in [2.05, 4.69) is 4.90 Å². The van der Waals surface area contributed by atoms with Gasteiger partial charge in [-0.15, -0.1) is 0 Å². The monoisotopic (exact) mass is 396 g/mol. The minimum Gasteiger partial charge on any atom is -0.507 e. The lowest BCUT2D eigenvalue weighted by atomic mass is 9.81. The molecule has 1 aliphatic heterocycles. The number of phenols is 2. The Morgan fingerprint density at radius 1 is 0.966 bits per heavy atom. The molecular weight excluding hydrogens is 376 g/mol. The quantitative estimate of drug-likeness (QED) is 0.585. The average Bonchev–Trinajstić information content (AvgIpc) is 2.71. The molecule has 2 aliphatic rings. The van der Waals surface area contributed by atoms with Gasteiger partial charge in [0.25, 0.3) is 5.91 Å². The van der Waals surface area contributed by atoms with Gasteiger partial charge in [-0.2, -0.15) is 0 Å². The normalized spacial score (nSPS) is 16.6. The van der Waals surface area contributed by atoms with Crippen LogP contribution in [-0.2, 0) is 6.61 Å². The van der Waals surface area contributed by atoms with Gasteiger partial charge in [0, 0.05) is 48.4 Å². The molecule has 0 bridgehead atoms. The molecule has 150 valence electrons. The number of likely N-dealkylation sites (N-methyl/N-ethyl adjacent to an activating group) is 1. The van der Waals surface area contributed by atoms with Gasteiger partial charge in [0.05, 0.1) is 17.7 Å². The number of piperazine rings is 1. The van der Waals surface area contributed by atoms with Crippen molar-refractivity contribution in [2.45, 2.75) is 6.61 Å². The topological polar surface area (TPSA) is 118 Å². The minimum absolute atomic E-state index is 0.0270. The van der Waals surface area contributed by atoms with E-state index >= 15 is 0 Å². The van der Waals surface area contributed by atoms with Crippen LogP contribution in [0.15, 0.2) is 24.3 Å². The van der Waals surface area contributed by atoms with E-state index in [4.69, 9.17) is 0 Å². The van der Waals surface area contributed by atoms with E-state index in [-0.39, 0.29) is 39.3 Å². The molecule has 1 amide bonds. The molecule has 0 unspecified atom stereocenters.